The number of benzene rings is 1. The molecule has 2 fully saturated rings. The van der Waals surface area contributed by atoms with E-state index in [4.69, 9.17) is 0 Å². The number of carbonyl (C=O) groups excluding carboxylic acids is 2. The van der Waals surface area contributed by atoms with E-state index in [2.05, 4.69) is 10.6 Å². The summed E-state index contributed by atoms with van der Waals surface area (Å²) in [5.74, 6) is -0.228. The summed E-state index contributed by atoms with van der Waals surface area (Å²) in [4.78, 5) is 25.3. The Hall–Kier alpha value is -1.84. The molecule has 0 unspecified atom stereocenters. The number of hydrogen-bond donors (Lipinski definition) is 2. The lowest BCUT2D eigenvalue weighted by Crippen LogP contribution is -2.44. The Morgan fingerprint density at radius 1 is 1.00 bits per heavy atom. The molecule has 3 rings (SSSR count). The van der Waals surface area contributed by atoms with Crippen LogP contribution in [0.3, 0.4) is 0 Å². The van der Waals surface area contributed by atoms with Crippen molar-refractivity contribution >= 4 is 17.5 Å². The third-order valence-corrected chi connectivity index (χ3v) is 5.20. The van der Waals surface area contributed by atoms with Crippen LogP contribution in [0, 0.1) is 12.3 Å². The number of aryl methyl sites for hydroxylation is 1. The molecule has 0 atom stereocenters. The van der Waals surface area contributed by atoms with Gasteiger partial charge in [-0.25, -0.2) is 0 Å². The van der Waals surface area contributed by atoms with Crippen molar-refractivity contribution < 1.29 is 9.59 Å². The van der Waals surface area contributed by atoms with Crippen molar-refractivity contribution in [1.82, 2.24) is 5.32 Å². The highest BCUT2D eigenvalue weighted by molar-refractivity contribution is 6.13. The second-order valence-electron chi connectivity index (χ2n) is 7.01. The van der Waals surface area contributed by atoms with Gasteiger partial charge in [0, 0.05) is 11.7 Å². The number of anilines is 1. The summed E-state index contributed by atoms with van der Waals surface area (Å²) in [6.45, 7) is 1.96. The van der Waals surface area contributed by atoms with E-state index in [9.17, 15) is 9.59 Å². The molecule has 1 aromatic rings. The Kier molecular flexibility index (Phi) is 4.69. The van der Waals surface area contributed by atoms with Crippen molar-refractivity contribution in [2.45, 2.75) is 64.3 Å². The molecule has 2 N–H and O–H groups in total. The van der Waals surface area contributed by atoms with E-state index in [-0.39, 0.29) is 17.9 Å². The fraction of sp³-hybridized carbons (Fsp3) is 0.579. The minimum absolute atomic E-state index is 0.0736. The lowest BCUT2D eigenvalue weighted by atomic mass is 10.0. The number of nitrogens with one attached hydrogen (secondary N) is 2. The lowest BCUT2D eigenvalue weighted by molar-refractivity contribution is -0.134. The smallest absolute Gasteiger partial charge is 0.240 e. The fourth-order valence-electron chi connectivity index (χ4n) is 3.38. The maximum Gasteiger partial charge on any atom is 0.240 e. The third kappa shape index (κ3) is 3.57. The highest BCUT2D eigenvalue weighted by atomic mass is 16.2. The van der Waals surface area contributed by atoms with Crippen molar-refractivity contribution in [2.75, 3.05) is 5.32 Å². The SMILES string of the molecule is Cc1ccccc1NC(=O)C1(C(=O)NC2CCCCCC2)CC1. The number of amides is 2. The highest BCUT2D eigenvalue weighted by Gasteiger charge is 2.56. The Labute approximate surface area is 138 Å². The van der Waals surface area contributed by atoms with Gasteiger partial charge < -0.3 is 10.6 Å². The van der Waals surface area contributed by atoms with Crippen LogP contribution in [0.5, 0.6) is 0 Å². The summed E-state index contributed by atoms with van der Waals surface area (Å²) >= 11 is 0. The van der Waals surface area contributed by atoms with Crippen molar-refractivity contribution in [3.63, 3.8) is 0 Å². The minimum Gasteiger partial charge on any atom is -0.352 e. The van der Waals surface area contributed by atoms with Gasteiger partial charge in [0.15, 0.2) is 0 Å². The number of rotatable bonds is 4. The molecule has 0 bridgehead atoms. The summed E-state index contributed by atoms with van der Waals surface area (Å²) in [7, 11) is 0. The van der Waals surface area contributed by atoms with Crippen LogP contribution in [0.4, 0.5) is 5.69 Å². The molecule has 4 heteroatoms. The molecule has 0 aromatic heterocycles. The molecule has 0 saturated heterocycles. The standard InChI is InChI=1S/C19H26N2O2/c1-14-8-6-7-11-16(14)21-18(23)19(12-13-19)17(22)20-15-9-4-2-3-5-10-15/h6-8,11,15H,2-5,9-10,12-13H2,1H3,(H,20,22)(H,21,23). The maximum atomic E-state index is 12.7. The van der Waals surface area contributed by atoms with Crippen LogP contribution in [-0.4, -0.2) is 17.9 Å². The third-order valence-electron chi connectivity index (χ3n) is 5.20. The van der Waals surface area contributed by atoms with Crippen LogP contribution in [-0.2, 0) is 9.59 Å². The van der Waals surface area contributed by atoms with E-state index in [0.717, 1.165) is 24.1 Å². The summed E-state index contributed by atoms with van der Waals surface area (Å²) in [5, 5.41) is 6.09. The first-order valence-electron chi connectivity index (χ1n) is 8.80. The largest absolute Gasteiger partial charge is 0.352 e. The molecule has 4 nitrogen and oxygen atoms in total. The van der Waals surface area contributed by atoms with Gasteiger partial charge in [0.05, 0.1) is 0 Å². The van der Waals surface area contributed by atoms with Crippen LogP contribution in [0.25, 0.3) is 0 Å². The average Bonchev–Trinajstić information content (AvgIpc) is 3.34. The van der Waals surface area contributed by atoms with E-state index < -0.39 is 5.41 Å². The van der Waals surface area contributed by atoms with Gasteiger partial charge in [-0.3, -0.25) is 9.59 Å². The van der Waals surface area contributed by atoms with Gasteiger partial charge >= 0.3 is 0 Å². The van der Waals surface area contributed by atoms with Crippen molar-refractivity contribution in [3.8, 4) is 0 Å². The summed E-state index contributed by atoms with van der Waals surface area (Å²) in [6.07, 6.45) is 8.26. The Morgan fingerprint density at radius 2 is 1.65 bits per heavy atom. The van der Waals surface area contributed by atoms with Crippen LogP contribution >= 0.6 is 0 Å². The summed E-state index contributed by atoms with van der Waals surface area (Å²) in [5.41, 5.74) is 0.973. The molecule has 124 valence electrons. The molecule has 2 saturated carbocycles. The Morgan fingerprint density at radius 3 is 2.26 bits per heavy atom. The molecular weight excluding hydrogens is 288 g/mol. The number of carbonyl (C=O) groups is 2. The van der Waals surface area contributed by atoms with Gasteiger partial charge in [0.2, 0.25) is 11.8 Å². The molecular formula is C19H26N2O2. The predicted octanol–water partition coefficient (Wildman–Crippen LogP) is 3.55. The highest BCUT2D eigenvalue weighted by Crippen LogP contribution is 2.47. The van der Waals surface area contributed by atoms with E-state index >= 15 is 0 Å². The van der Waals surface area contributed by atoms with Crippen molar-refractivity contribution in [2.24, 2.45) is 5.41 Å². The normalized spacial score (nSPS) is 20.4. The molecule has 0 aliphatic heterocycles. The van der Waals surface area contributed by atoms with Gasteiger partial charge in [-0.15, -0.1) is 0 Å². The first-order valence-corrected chi connectivity index (χ1v) is 8.80. The topological polar surface area (TPSA) is 58.2 Å². The lowest BCUT2D eigenvalue weighted by Gasteiger charge is -2.21. The predicted molar refractivity (Wildman–Crippen MR) is 91.1 cm³/mol. The zero-order valence-electron chi connectivity index (χ0n) is 13.9. The van der Waals surface area contributed by atoms with Crippen LogP contribution in [0.15, 0.2) is 24.3 Å². The fourth-order valence-corrected chi connectivity index (χ4v) is 3.38. The summed E-state index contributed by atoms with van der Waals surface area (Å²) in [6, 6.07) is 7.92. The Bertz CT molecular complexity index is 585. The molecule has 2 aliphatic carbocycles. The van der Waals surface area contributed by atoms with Gasteiger partial charge in [0.25, 0.3) is 0 Å². The second-order valence-corrected chi connectivity index (χ2v) is 7.01. The van der Waals surface area contributed by atoms with Gasteiger partial charge in [-0.2, -0.15) is 0 Å². The second kappa shape index (κ2) is 6.73. The van der Waals surface area contributed by atoms with Crippen LogP contribution in [0.1, 0.15) is 56.9 Å². The zero-order valence-corrected chi connectivity index (χ0v) is 13.9. The molecule has 0 radical (unpaired) electrons. The van der Waals surface area contributed by atoms with E-state index in [1.165, 1.54) is 25.7 Å². The van der Waals surface area contributed by atoms with Crippen molar-refractivity contribution in [3.05, 3.63) is 29.8 Å². The van der Waals surface area contributed by atoms with Crippen LogP contribution < -0.4 is 10.6 Å². The summed E-state index contributed by atoms with van der Waals surface area (Å²) < 4.78 is 0. The number of hydrogen-bond acceptors (Lipinski definition) is 2. The van der Waals surface area contributed by atoms with Crippen LogP contribution in [0.2, 0.25) is 0 Å². The van der Waals surface area contributed by atoms with E-state index in [1.807, 2.05) is 31.2 Å². The maximum absolute atomic E-state index is 12.7. The first kappa shape index (κ1) is 16.0. The molecule has 23 heavy (non-hydrogen) atoms. The average molecular weight is 314 g/mol. The molecule has 0 spiro atoms. The number of para-hydroxylation sites is 1. The molecule has 1 aromatic carbocycles. The van der Waals surface area contributed by atoms with E-state index in [1.54, 1.807) is 0 Å². The molecule has 2 amide bonds. The van der Waals surface area contributed by atoms with Gasteiger partial charge in [-0.1, -0.05) is 43.9 Å². The molecule has 0 heterocycles. The van der Waals surface area contributed by atoms with Gasteiger partial charge in [0.1, 0.15) is 5.41 Å². The minimum atomic E-state index is -0.839. The van der Waals surface area contributed by atoms with Crippen molar-refractivity contribution in [1.29, 1.82) is 0 Å². The Balaban J connectivity index is 1.62. The zero-order chi connectivity index (χ0) is 16.3. The molecule has 2 aliphatic rings. The van der Waals surface area contributed by atoms with Gasteiger partial charge in [-0.05, 0) is 44.2 Å². The quantitative estimate of drug-likeness (QED) is 0.659. The first-order chi connectivity index (χ1) is 11.1. The monoisotopic (exact) mass is 314 g/mol. The van der Waals surface area contributed by atoms with E-state index in [0.29, 0.717) is 12.8 Å².